The van der Waals surface area contributed by atoms with Gasteiger partial charge in [-0.3, -0.25) is 0 Å². The van der Waals surface area contributed by atoms with E-state index in [1.54, 1.807) is 0 Å². The van der Waals surface area contributed by atoms with Crippen LogP contribution in [0.1, 0.15) is 20.3 Å². The van der Waals surface area contributed by atoms with Crippen molar-refractivity contribution in [2.75, 3.05) is 20.3 Å². The van der Waals surface area contributed by atoms with E-state index in [0.29, 0.717) is 19.1 Å². The average Bonchev–Trinajstić information content (AvgIpc) is 2.63. The van der Waals surface area contributed by atoms with Gasteiger partial charge >= 0.3 is 5.97 Å². The molecule has 2 fully saturated rings. The van der Waals surface area contributed by atoms with Gasteiger partial charge in [0.05, 0.1) is 20.3 Å². The van der Waals surface area contributed by atoms with Crippen molar-refractivity contribution in [2.24, 2.45) is 11.8 Å². The van der Waals surface area contributed by atoms with Gasteiger partial charge in [0.15, 0.2) is 5.60 Å². The third kappa shape index (κ3) is 1.55. The Morgan fingerprint density at radius 3 is 2.88 bits per heavy atom. The van der Waals surface area contributed by atoms with Gasteiger partial charge in [-0.2, -0.15) is 0 Å². The Morgan fingerprint density at radius 1 is 1.62 bits per heavy atom. The molecule has 2 heterocycles. The Hall–Kier alpha value is -0.320. The monoisotopic (exact) mass is 248 g/mol. The summed E-state index contributed by atoms with van der Waals surface area (Å²) >= 11 is 6.16. The molecule has 0 aromatic heterocycles. The summed E-state index contributed by atoms with van der Waals surface area (Å²) in [4.78, 5) is 11.6. The first-order valence-electron chi connectivity index (χ1n) is 5.51. The van der Waals surface area contributed by atoms with Crippen molar-refractivity contribution >= 4 is 17.6 Å². The van der Waals surface area contributed by atoms with E-state index in [0.717, 1.165) is 6.42 Å². The number of hydrogen-bond acceptors (Lipinski definition) is 4. The molecule has 0 bridgehead atoms. The predicted octanol–water partition coefficient (Wildman–Crippen LogP) is 1.56. The van der Waals surface area contributed by atoms with Gasteiger partial charge in [-0.05, 0) is 12.3 Å². The predicted molar refractivity (Wildman–Crippen MR) is 58.2 cm³/mol. The standard InChI is InChI=1S/C11H17ClO4/c1-7(2)4-8-5-15-6-10(8)11(12,16-10)9(13)14-3/h7-8H,4-6H2,1-3H3. The third-order valence-electron chi connectivity index (χ3n) is 3.32. The van der Waals surface area contributed by atoms with Crippen LogP contribution in [0.5, 0.6) is 0 Å². The maximum Gasteiger partial charge on any atom is 0.357 e. The van der Waals surface area contributed by atoms with Crippen molar-refractivity contribution in [3.8, 4) is 0 Å². The molecule has 92 valence electrons. The molecular weight excluding hydrogens is 232 g/mol. The zero-order valence-electron chi connectivity index (χ0n) is 9.79. The minimum Gasteiger partial charge on any atom is -0.466 e. The lowest BCUT2D eigenvalue weighted by molar-refractivity contribution is -0.143. The topological polar surface area (TPSA) is 48.1 Å². The van der Waals surface area contributed by atoms with Gasteiger partial charge in [-0.15, -0.1) is 0 Å². The number of ether oxygens (including phenoxy) is 3. The molecule has 4 nitrogen and oxygen atoms in total. The molecule has 0 aromatic rings. The molecule has 2 aliphatic rings. The summed E-state index contributed by atoms with van der Waals surface area (Å²) < 4.78 is 15.6. The first-order valence-corrected chi connectivity index (χ1v) is 5.89. The minimum absolute atomic E-state index is 0.170. The maximum atomic E-state index is 11.6. The van der Waals surface area contributed by atoms with Gasteiger partial charge in [-0.1, -0.05) is 25.4 Å². The summed E-state index contributed by atoms with van der Waals surface area (Å²) in [7, 11) is 1.31. The Bertz CT molecular complexity index is 306. The number of halogens is 1. The molecule has 0 aliphatic carbocycles. The van der Waals surface area contributed by atoms with Crippen LogP contribution in [0, 0.1) is 11.8 Å². The lowest BCUT2D eigenvalue weighted by Crippen LogP contribution is -2.36. The summed E-state index contributed by atoms with van der Waals surface area (Å²) in [5.74, 6) is 0.170. The van der Waals surface area contributed by atoms with Crippen LogP contribution in [0.3, 0.4) is 0 Å². The summed E-state index contributed by atoms with van der Waals surface area (Å²) in [6, 6.07) is 0. The van der Waals surface area contributed by atoms with E-state index in [9.17, 15) is 4.79 Å². The van der Waals surface area contributed by atoms with E-state index in [-0.39, 0.29) is 5.92 Å². The van der Waals surface area contributed by atoms with Crippen molar-refractivity contribution in [2.45, 2.75) is 30.9 Å². The van der Waals surface area contributed by atoms with Crippen LogP contribution in [-0.2, 0) is 19.0 Å². The van der Waals surface area contributed by atoms with Crippen molar-refractivity contribution in [1.29, 1.82) is 0 Å². The van der Waals surface area contributed by atoms with Crippen molar-refractivity contribution in [3.63, 3.8) is 0 Å². The van der Waals surface area contributed by atoms with E-state index in [1.165, 1.54) is 7.11 Å². The quantitative estimate of drug-likeness (QED) is 0.432. The SMILES string of the molecule is COC(=O)C1(Cl)OC12COCC2CC(C)C. The number of rotatable bonds is 3. The molecule has 2 rings (SSSR count). The number of hydrogen-bond donors (Lipinski definition) is 0. The van der Waals surface area contributed by atoms with Gasteiger partial charge in [0.1, 0.15) is 0 Å². The second kappa shape index (κ2) is 3.86. The maximum absolute atomic E-state index is 11.6. The number of alkyl halides is 1. The fourth-order valence-corrected chi connectivity index (χ4v) is 2.90. The number of esters is 1. The van der Waals surface area contributed by atoms with Gasteiger partial charge in [0.25, 0.3) is 5.06 Å². The number of methoxy groups -OCH3 is 1. The largest absolute Gasteiger partial charge is 0.466 e. The van der Waals surface area contributed by atoms with Crippen LogP contribution < -0.4 is 0 Å². The highest BCUT2D eigenvalue weighted by Gasteiger charge is 2.80. The highest BCUT2D eigenvalue weighted by molar-refractivity contribution is 6.36. The van der Waals surface area contributed by atoms with Crippen LogP contribution in [0.2, 0.25) is 0 Å². The molecule has 3 atom stereocenters. The van der Waals surface area contributed by atoms with Crippen LogP contribution in [0.25, 0.3) is 0 Å². The van der Waals surface area contributed by atoms with Crippen LogP contribution in [-0.4, -0.2) is 37.0 Å². The number of carbonyl (C=O) groups is 1. The first kappa shape index (κ1) is 12.1. The fraction of sp³-hybridized carbons (Fsp3) is 0.909. The van der Waals surface area contributed by atoms with E-state index in [1.807, 2.05) is 0 Å². The lowest BCUT2D eigenvalue weighted by atomic mass is 9.85. The molecule has 1 spiro atoms. The van der Waals surface area contributed by atoms with Crippen molar-refractivity contribution in [1.82, 2.24) is 0 Å². The van der Waals surface area contributed by atoms with Crippen molar-refractivity contribution in [3.05, 3.63) is 0 Å². The minimum atomic E-state index is -1.32. The summed E-state index contributed by atoms with van der Waals surface area (Å²) in [5.41, 5.74) is -0.661. The van der Waals surface area contributed by atoms with Crippen molar-refractivity contribution < 1.29 is 19.0 Å². The van der Waals surface area contributed by atoms with Gasteiger partial charge < -0.3 is 14.2 Å². The second-order valence-corrected chi connectivity index (χ2v) is 5.45. The lowest BCUT2D eigenvalue weighted by Gasteiger charge is -2.17. The average molecular weight is 249 g/mol. The molecule has 3 unspecified atom stereocenters. The molecule has 5 heteroatoms. The van der Waals surface area contributed by atoms with Gasteiger partial charge in [0.2, 0.25) is 0 Å². The molecule has 2 aliphatic heterocycles. The first-order chi connectivity index (χ1) is 7.46. The fourth-order valence-electron chi connectivity index (χ4n) is 2.47. The number of epoxide rings is 1. The second-order valence-electron chi connectivity index (χ2n) is 4.92. The summed E-state index contributed by atoms with van der Waals surface area (Å²) in [6.07, 6.45) is 0.936. The Labute approximate surface area is 100 Å². The highest BCUT2D eigenvalue weighted by atomic mass is 35.5. The summed E-state index contributed by atoms with van der Waals surface area (Å²) in [5, 5.41) is -1.32. The van der Waals surface area contributed by atoms with Crippen LogP contribution >= 0.6 is 11.6 Å². The van der Waals surface area contributed by atoms with E-state index in [4.69, 9.17) is 21.1 Å². The van der Waals surface area contributed by atoms with E-state index in [2.05, 4.69) is 18.6 Å². The smallest absolute Gasteiger partial charge is 0.357 e. The van der Waals surface area contributed by atoms with Gasteiger partial charge in [0, 0.05) is 5.92 Å². The molecule has 16 heavy (non-hydrogen) atoms. The molecule has 0 N–H and O–H groups in total. The number of carbonyl (C=O) groups excluding carboxylic acids is 1. The Balaban J connectivity index is 2.12. The molecular formula is C11H17ClO4. The molecule has 0 amide bonds. The Morgan fingerprint density at radius 2 is 2.31 bits per heavy atom. The van der Waals surface area contributed by atoms with Crippen LogP contribution in [0.4, 0.5) is 0 Å². The zero-order chi connectivity index (χ0) is 12.0. The molecule has 0 aromatic carbocycles. The highest BCUT2D eigenvalue weighted by Crippen LogP contribution is 2.60. The molecule has 0 saturated carbocycles. The van der Waals surface area contributed by atoms with Crippen LogP contribution in [0.15, 0.2) is 0 Å². The normalized spacial score (nSPS) is 41.7. The molecule has 2 saturated heterocycles. The summed E-state index contributed by atoms with van der Waals surface area (Å²) in [6.45, 7) is 5.23. The Kier molecular flexibility index (Phi) is 2.93. The van der Waals surface area contributed by atoms with E-state index >= 15 is 0 Å². The third-order valence-corrected chi connectivity index (χ3v) is 3.88. The van der Waals surface area contributed by atoms with E-state index < -0.39 is 16.6 Å². The molecule has 0 radical (unpaired) electrons. The van der Waals surface area contributed by atoms with Gasteiger partial charge in [-0.25, -0.2) is 4.79 Å². The zero-order valence-corrected chi connectivity index (χ0v) is 10.5.